The molecule has 0 aliphatic rings. The van der Waals surface area contributed by atoms with E-state index in [9.17, 15) is 4.39 Å². The molecule has 0 heterocycles. The number of aryl methyl sites for hydroxylation is 3. The SMILES string of the molecule is CNC(Cc1cccc(F)c1)c1c(C)cc(C)cc1C. The van der Waals surface area contributed by atoms with Crippen molar-refractivity contribution in [2.24, 2.45) is 0 Å². The summed E-state index contributed by atoms with van der Waals surface area (Å²) in [6.07, 6.45) is 0.791. The fraction of sp³-hybridized carbons (Fsp3) is 0.333. The third-order valence-electron chi connectivity index (χ3n) is 3.76. The van der Waals surface area contributed by atoms with E-state index in [1.165, 1.54) is 28.3 Å². The fourth-order valence-electron chi connectivity index (χ4n) is 2.99. The van der Waals surface area contributed by atoms with Gasteiger partial charge in [-0.2, -0.15) is 0 Å². The van der Waals surface area contributed by atoms with Crippen molar-refractivity contribution in [3.63, 3.8) is 0 Å². The molecule has 1 atom stereocenters. The maximum absolute atomic E-state index is 13.3. The van der Waals surface area contributed by atoms with Gasteiger partial charge < -0.3 is 5.32 Å². The van der Waals surface area contributed by atoms with Crippen LogP contribution in [0.2, 0.25) is 0 Å². The second-order valence-electron chi connectivity index (χ2n) is 5.49. The predicted octanol–water partition coefficient (Wildman–Crippen LogP) is 4.25. The van der Waals surface area contributed by atoms with E-state index in [4.69, 9.17) is 0 Å². The number of hydrogen-bond donors (Lipinski definition) is 1. The van der Waals surface area contributed by atoms with Crippen molar-refractivity contribution >= 4 is 0 Å². The molecule has 2 heteroatoms. The quantitative estimate of drug-likeness (QED) is 0.876. The van der Waals surface area contributed by atoms with Gasteiger partial charge in [-0.05, 0) is 68.6 Å². The van der Waals surface area contributed by atoms with Gasteiger partial charge in [0.05, 0.1) is 0 Å². The zero-order valence-electron chi connectivity index (χ0n) is 12.6. The van der Waals surface area contributed by atoms with Crippen LogP contribution in [0, 0.1) is 26.6 Å². The average Bonchev–Trinajstić information content (AvgIpc) is 2.36. The first kappa shape index (κ1) is 14.7. The molecule has 0 saturated heterocycles. The summed E-state index contributed by atoms with van der Waals surface area (Å²) in [6.45, 7) is 6.40. The van der Waals surface area contributed by atoms with E-state index in [1.807, 2.05) is 13.1 Å². The number of nitrogens with one attached hydrogen (secondary N) is 1. The minimum atomic E-state index is -0.172. The van der Waals surface area contributed by atoms with Crippen LogP contribution in [-0.2, 0) is 6.42 Å². The molecule has 1 N–H and O–H groups in total. The van der Waals surface area contributed by atoms with E-state index < -0.39 is 0 Å². The summed E-state index contributed by atoms with van der Waals surface area (Å²) in [5, 5.41) is 3.36. The second kappa shape index (κ2) is 6.19. The van der Waals surface area contributed by atoms with Crippen molar-refractivity contribution in [3.05, 3.63) is 70.0 Å². The predicted molar refractivity (Wildman–Crippen MR) is 82.6 cm³/mol. The van der Waals surface area contributed by atoms with E-state index in [1.54, 1.807) is 12.1 Å². The highest BCUT2D eigenvalue weighted by atomic mass is 19.1. The molecule has 106 valence electrons. The lowest BCUT2D eigenvalue weighted by molar-refractivity contribution is 0.579. The number of halogens is 1. The summed E-state index contributed by atoms with van der Waals surface area (Å²) in [5.41, 5.74) is 6.20. The summed E-state index contributed by atoms with van der Waals surface area (Å²) in [5.74, 6) is -0.172. The van der Waals surface area contributed by atoms with Gasteiger partial charge in [0, 0.05) is 6.04 Å². The van der Waals surface area contributed by atoms with Crippen LogP contribution < -0.4 is 5.32 Å². The van der Waals surface area contributed by atoms with Gasteiger partial charge >= 0.3 is 0 Å². The Hall–Kier alpha value is -1.67. The van der Waals surface area contributed by atoms with Gasteiger partial charge in [0.25, 0.3) is 0 Å². The maximum atomic E-state index is 13.3. The molecule has 0 bridgehead atoms. The summed E-state index contributed by atoms with van der Waals surface area (Å²) >= 11 is 0. The van der Waals surface area contributed by atoms with Crippen LogP contribution in [0.15, 0.2) is 36.4 Å². The van der Waals surface area contributed by atoms with Crippen LogP contribution in [0.25, 0.3) is 0 Å². The molecule has 0 saturated carbocycles. The topological polar surface area (TPSA) is 12.0 Å². The van der Waals surface area contributed by atoms with Gasteiger partial charge in [0.1, 0.15) is 5.82 Å². The van der Waals surface area contributed by atoms with Gasteiger partial charge in [-0.3, -0.25) is 0 Å². The number of rotatable bonds is 4. The Balaban J connectivity index is 2.34. The van der Waals surface area contributed by atoms with Crippen LogP contribution in [0.4, 0.5) is 4.39 Å². The molecule has 1 nitrogen and oxygen atoms in total. The zero-order chi connectivity index (χ0) is 14.7. The first-order valence-electron chi connectivity index (χ1n) is 7.00. The van der Waals surface area contributed by atoms with Crippen LogP contribution in [0.1, 0.15) is 33.9 Å². The second-order valence-corrected chi connectivity index (χ2v) is 5.49. The third-order valence-corrected chi connectivity index (χ3v) is 3.76. The first-order chi connectivity index (χ1) is 9.51. The summed E-state index contributed by atoms with van der Waals surface area (Å²) in [7, 11) is 1.96. The normalized spacial score (nSPS) is 12.4. The van der Waals surface area contributed by atoms with Crippen molar-refractivity contribution in [2.45, 2.75) is 33.2 Å². The average molecular weight is 271 g/mol. The zero-order valence-corrected chi connectivity index (χ0v) is 12.6. The molecule has 0 aliphatic heterocycles. The Kier molecular flexibility index (Phi) is 4.56. The van der Waals surface area contributed by atoms with Crippen molar-refractivity contribution in [1.82, 2.24) is 5.32 Å². The monoisotopic (exact) mass is 271 g/mol. The molecule has 0 amide bonds. The smallest absolute Gasteiger partial charge is 0.123 e. The Morgan fingerprint density at radius 2 is 1.70 bits per heavy atom. The summed E-state index contributed by atoms with van der Waals surface area (Å²) in [4.78, 5) is 0. The van der Waals surface area contributed by atoms with Crippen LogP contribution >= 0.6 is 0 Å². The largest absolute Gasteiger partial charge is 0.313 e. The Morgan fingerprint density at radius 1 is 1.05 bits per heavy atom. The number of hydrogen-bond acceptors (Lipinski definition) is 1. The Labute approximate surface area is 120 Å². The molecule has 2 aromatic carbocycles. The van der Waals surface area contributed by atoms with Crippen molar-refractivity contribution in [2.75, 3.05) is 7.05 Å². The molecule has 20 heavy (non-hydrogen) atoms. The van der Waals surface area contributed by atoms with Crippen LogP contribution in [0.5, 0.6) is 0 Å². The Morgan fingerprint density at radius 3 is 2.25 bits per heavy atom. The van der Waals surface area contributed by atoms with Gasteiger partial charge in [0.2, 0.25) is 0 Å². The number of benzene rings is 2. The van der Waals surface area contributed by atoms with Gasteiger partial charge in [-0.15, -0.1) is 0 Å². The van der Waals surface area contributed by atoms with Crippen molar-refractivity contribution in [3.8, 4) is 0 Å². The third kappa shape index (κ3) is 3.26. The molecule has 1 unspecified atom stereocenters. The van der Waals surface area contributed by atoms with E-state index in [0.717, 1.165) is 12.0 Å². The summed E-state index contributed by atoms with van der Waals surface area (Å²) < 4.78 is 13.3. The highest BCUT2D eigenvalue weighted by Crippen LogP contribution is 2.26. The van der Waals surface area contributed by atoms with Gasteiger partial charge in [-0.25, -0.2) is 4.39 Å². The van der Waals surface area contributed by atoms with E-state index in [-0.39, 0.29) is 11.9 Å². The Bertz CT molecular complexity index is 581. The fourth-order valence-corrected chi connectivity index (χ4v) is 2.99. The lowest BCUT2D eigenvalue weighted by atomic mass is 9.90. The maximum Gasteiger partial charge on any atom is 0.123 e. The molecule has 0 aromatic heterocycles. The standard InChI is InChI=1S/C18H22FN/c1-12-8-13(2)18(14(3)9-12)17(20-4)11-15-6-5-7-16(19)10-15/h5-10,17,20H,11H2,1-4H3. The van der Waals surface area contributed by atoms with Crippen LogP contribution in [0.3, 0.4) is 0 Å². The lowest BCUT2D eigenvalue weighted by Gasteiger charge is -2.22. The summed E-state index contributed by atoms with van der Waals surface area (Å²) in [6, 6.07) is 11.5. The lowest BCUT2D eigenvalue weighted by Crippen LogP contribution is -2.21. The molecule has 0 aliphatic carbocycles. The minimum Gasteiger partial charge on any atom is -0.313 e. The first-order valence-corrected chi connectivity index (χ1v) is 7.00. The van der Waals surface area contributed by atoms with Gasteiger partial charge in [0.15, 0.2) is 0 Å². The number of likely N-dealkylation sites (N-methyl/N-ethyl adjacent to an activating group) is 1. The minimum absolute atomic E-state index is 0.172. The molecule has 0 fully saturated rings. The molecule has 0 radical (unpaired) electrons. The highest BCUT2D eigenvalue weighted by Gasteiger charge is 2.15. The molecular formula is C18H22FN. The van der Waals surface area contributed by atoms with E-state index in [0.29, 0.717) is 0 Å². The molecule has 2 rings (SSSR count). The van der Waals surface area contributed by atoms with E-state index in [2.05, 4.69) is 38.2 Å². The van der Waals surface area contributed by atoms with Crippen LogP contribution in [-0.4, -0.2) is 7.05 Å². The molecular weight excluding hydrogens is 249 g/mol. The van der Waals surface area contributed by atoms with Crippen molar-refractivity contribution < 1.29 is 4.39 Å². The molecule has 0 spiro atoms. The highest BCUT2D eigenvalue weighted by molar-refractivity contribution is 5.40. The van der Waals surface area contributed by atoms with E-state index >= 15 is 0 Å². The molecule has 2 aromatic rings. The van der Waals surface area contributed by atoms with Crippen molar-refractivity contribution in [1.29, 1.82) is 0 Å². The van der Waals surface area contributed by atoms with Gasteiger partial charge in [-0.1, -0.05) is 29.8 Å².